The highest BCUT2D eigenvalue weighted by Gasteiger charge is 2.19. The molecule has 0 aromatic heterocycles. The quantitative estimate of drug-likeness (QED) is 0.830. The number of benzene rings is 2. The molecule has 0 unspecified atom stereocenters. The maximum atomic E-state index is 12.4. The van der Waals surface area contributed by atoms with Crippen molar-refractivity contribution in [3.05, 3.63) is 59.1 Å². The Balaban J connectivity index is 1.74. The Morgan fingerprint density at radius 1 is 1.04 bits per heavy atom. The van der Waals surface area contributed by atoms with Gasteiger partial charge in [0.05, 0.1) is 4.90 Å². The molecular formula is C18H19ClN2O3S. The number of amides is 1. The predicted octanol–water partition coefficient (Wildman–Crippen LogP) is 3.81. The molecule has 3 rings (SSSR count). The Hall–Kier alpha value is -2.05. The van der Waals surface area contributed by atoms with E-state index in [0.29, 0.717) is 16.3 Å². The molecule has 1 fully saturated rings. The predicted molar refractivity (Wildman–Crippen MR) is 98.4 cm³/mol. The van der Waals surface area contributed by atoms with E-state index >= 15 is 0 Å². The lowest BCUT2D eigenvalue weighted by molar-refractivity contribution is 0.0938. The van der Waals surface area contributed by atoms with Crippen LogP contribution in [0.5, 0.6) is 0 Å². The fourth-order valence-electron chi connectivity index (χ4n) is 2.89. The van der Waals surface area contributed by atoms with Crippen LogP contribution in [0.3, 0.4) is 0 Å². The van der Waals surface area contributed by atoms with Gasteiger partial charge >= 0.3 is 0 Å². The van der Waals surface area contributed by atoms with Gasteiger partial charge in [0.1, 0.15) is 0 Å². The SMILES string of the molecule is O=C(NC1CCCC1)c1cccc(NS(=O)(=O)c2ccc(Cl)cc2)c1. The number of hydrogen-bond acceptors (Lipinski definition) is 3. The molecule has 5 nitrogen and oxygen atoms in total. The van der Waals surface area contributed by atoms with Gasteiger partial charge in [-0.1, -0.05) is 30.5 Å². The van der Waals surface area contributed by atoms with E-state index in [1.54, 1.807) is 18.2 Å². The van der Waals surface area contributed by atoms with Crippen LogP contribution < -0.4 is 10.0 Å². The highest BCUT2D eigenvalue weighted by Crippen LogP contribution is 2.21. The van der Waals surface area contributed by atoms with Crippen LogP contribution in [0.25, 0.3) is 0 Å². The summed E-state index contributed by atoms with van der Waals surface area (Å²) < 4.78 is 27.3. The van der Waals surface area contributed by atoms with Crippen molar-refractivity contribution >= 4 is 33.2 Å². The molecule has 1 aliphatic rings. The van der Waals surface area contributed by atoms with E-state index in [9.17, 15) is 13.2 Å². The lowest BCUT2D eigenvalue weighted by Crippen LogP contribution is -2.32. The van der Waals surface area contributed by atoms with Crippen molar-refractivity contribution in [2.24, 2.45) is 0 Å². The zero-order chi connectivity index (χ0) is 17.9. The molecule has 0 heterocycles. The van der Waals surface area contributed by atoms with Gasteiger partial charge in [0.15, 0.2) is 0 Å². The second kappa shape index (κ2) is 7.45. The van der Waals surface area contributed by atoms with E-state index in [-0.39, 0.29) is 16.8 Å². The Morgan fingerprint density at radius 2 is 1.72 bits per heavy atom. The van der Waals surface area contributed by atoms with Crippen molar-refractivity contribution in [2.45, 2.75) is 36.6 Å². The Morgan fingerprint density at radius 3 is 2.40 bits per heavy atom. The maximum absolute atomic E-state index is 12.4. The monoisotopic (exact) mass is 378 g/mol. The molecule has 2 aromatic rings. The highest BCUT2D eigenvalue weighted by atomic mass is 35.5. The maximum Gasteiger partial charge on any atom is 0.261 e. The topological polar surface area (TPSA) is 75.3 Å². The van der Waals surface area contributed by atoms with Crippen LogP contribution in [-0.4, -0.2) is 20.4 Å². The van der Waals surface area contributed by atoms with E-state index in [2.05, 4.69) is 10.0 Å². The van der Waals surface area contributed by atoms with E-state index in [1.807, 2.05) is 0 Å². The summed E-state index contributed by atoms with van der Waals surface area (Å²) in [5.74, 6) is -0.181. The van der Waals surface area contributed by atoms with Crippen LogP contribution in [0.4, 0.5) is 5.69 Å². The van der Waals surface area contributed by atoms with Gasteiger partial charge in [0.2, 0.25) is 0 Å². The average Bonchev–Trinajstić information content (AvgIpc) is 3.08. The Bertz CT molecular complexity index is 860. The molecule has 2 N–H and O–H groups in total. The first-order chi connectivity index (χ1) is 11.9. The number of anilines is 1. The third-order valence-corrected chi connectivity index (χ3v) is 5.84. The number of hydrogen-bond donors (Lipinski definition) is 2. The fraction of sp³-hybridized carbons (Fsp3) is 0.278. The lowest BCUT2D eigenvalue weighted by Gasteiger charge is -2.13. The minimum absolute atomic E-state index is 0.109. The lowest BCUT2D eigenvalue weighted by atomic mass is 10.1. The van der Waals surface area contributed by atoms with E-state index in [0.717, 1.165) is 25.7 Å². The van der Waals surface area contributed by atoms with Gasteiger partial charge in [-0.2, -0.15) is 0 Å². The molecule has 25 heavy (non-hydrogen) atoms. The van der Waals surface area contributed by atoms with Crippen LogP contribution in [0.2, 0.25) is 5.02 Å². The summed E-state index contributed by atoms with van der Waals surface area (Å²) in [5, 5.41) is 3.45. The molecule has 0 saturated heterocycles. The first kappa shape index (κ1) is 17.8. The van der Waals surface area contributed by atoms with Crippen molar-refractivity contribution in [2.75, 3.05) is 4.72 Å². The van der Waals surface area contributed by atoms with Gasteiger partial charge in [0.25, 0.3) is 15.9 Å². The molecule has 0 bridgehead atoms. The van der Waals surface area contributed by atoms with Gasteiger partial charge in [-0.05, 0) is 55.3 Å². The average molecular weight is 379 g/mol. The number of sulfonamides is 1. The first-order valence-corrected chi connectivity index (χ1v) is 9.99. The Kier molecular flexibility index (Phi) is 5.30. The number of nitrogens with one attached hydrogen (secondary N) is 2. The number of rotatable bonds is 5. The van der Waals surface area contributed by atoms with Crippen LogP contribution in [0.1, 0.15) is 36.0 Å². The van der Waals surface area contributed by atoms with Crippen LogP contribution in [0.15, 0.2) is 53.4 Å². The minimum atomic E-state index is -3.74. The molecule has 0 radical (unpaired) electrons. The van der Waals surface area contributed by atoms with Crippen LogP contribution >= 0.6 is 11.6 Å². The molecule has 1 amide bonds. The highest BCUT2D eigenvalue weighted by molar-refractivity contribution is 7.92. The van der Waals surface area contributed by atoms with Crippen LogP contribution in [-0.2, 0) is 10.0 Å². The molecule has 1 saturated carbocycles. The summed E-state index contributed by atoms with van der Waals surface area (Å²) in [5.41, 5.74) is 0.775. The van der Waals surface area contributed by atoms with E-state index < -0.39 is 10.0 Å². The van der Waals surface area contributed by atoms with E-state index in [4.69, 9.17) is 11.6 Å². The summed E-state index contributed by atoms with van der Waals surface area (Å²) in [6.07, 6.45) is 4.25. The third kappa shape index (κ3) is 4.52. The van der Waals surface area contributed by atoms with Crippen molar-refractivity contribution in [1.29, 1.82) is 0 Å². The zero-order valence-corrected chi connectivity index (χ0v) is 15.1. The van der Waals surface area contributed by atoms with Gasteiger partial charge in [-0.25, -0.2) is 8.42 Å². The van der Waals surface area contributed by atoms with Crippen molar-refractivity contribution < 1.29 is 13.2 Å². The van der Waals surface area contributed by atoms with Gasteiger partial charge in [-0.15, -0.1) is 0 Å². The number of halogens is 1. The summed E-state index contributed by atoms with van der Waals surface area (Å²) in [7, 11) is -3.74. The van der Waals surface area contributed by atoms with Crippen molar-refractivity contribution in [3.63, 3.8) is 0 Å². The summed E-state index contributed by atoms with van der Waals surface area (Å²) >= 11 is 5.79. The molecular weight excluding hydrogens is 360 g/mol. The Labute approximate surface area is 152 Å². The third-order valence-electron chi connectivity index (χ3n) is 4.19. The molecule has 0 spiro atoms. The summed E-state index contributed by atoms with van der Waals surface area (Å²) in [6.45, 7) is 0. The molecule has 2 aromatic carbocycles. The fourth-order valence-corrected chi connectivity index (χ4v) is 4.07. The first-order valence-electron chi connectivity index (χ1n) is 8.13. The molecule has 7 heteroatoms. The zero-order valence-electron chi connectivity index (χ0n) is 13.5. The summed E-state index contributed by atoms with van der Waals surface area (Å²) in [4.78, 5) is 12.4. The molecule has 0 aliphatic heterocycles. The van der Waals surface area contributed by atoms with Crippen molar-refractivity contribution in [1.82, 2.24) is 5.32 Å². The molecule has 0 atom stereocenters. The number of carbonyl (C=O) groups excluding carboxylic acids is 1. The van der Waals surface area contributed by atoms with Gasteiger partial charge in [-0.3, -0.25) is 9.52 Å². The smallest absolute Gasteiger partial charge is 0.261 e. The standard InChI is InChI=1S/C18H19ClN2O3S/c19-14-8-10-17(11-9-14)25(23,24)21-16-7-3-4-13(12-16)18(22)20-15-5-1-2-6-15/h3-4,7-12,15,21H,1-2,5-6H2,(H,20,22). The minimum Gasteiger partial charge on any atom is -0.349 e. The van der Waals surface area contributed by atoms with Crippen molar-refractivity contribution in [3.8, 4) is 0 Å². The largest absolute Gasteiger partial charge is 0.349 e. The van der Waals surface area contributed by atoms with Crippen LogP contribution in [0, 0.1) is 0 Å². The normalized spacial score (nSPS) is 15.1. The summed E-state index contributed by atoms with van der Waals surface area (Å²) in [6, 6.07) is 12.6. The number of carbonyl (C=O) groups is 1. The second-order valence-electron chi connectivity index (χ2n) is 6.10. The van der Waals surface area contributed by atoms with Gasteiger partial charge < -0.3 is 5.32 Å². The van der Waals surface area contributed by atoms with E-state index in [1.165, 1.54) is 30.3 Å². The van der Waals surface area contributed by atoms with Gasteiger partial charge in [0, 0.05) is 22.3 Å². The second-order valence-corrected chi connectivity index (χ2v) is 8.21. The molecule has 132 valence electrons. The molecule has 1 aliphatic carbocycles.